The Balaban J connectivity index is 2.37. The van der Waals surface area contributed by atoms with Crippen molar-refractivity contribution in [3.63, 3.8) is 0 Å². The molecule has 25 heavy (non-hydrogen) atoms. The van der Waals surface area contributed by atoms with Crippen molar-refractivity contribution in [1.29, 1.82) is 0 Å². The summed E-state index contributed by atoms with van der Waals surface area (Å²) in [4.78, 5) is 15.6. The summed E-state index contributed by atoms with van der Waals surface area (Å²) < 4.78 is 30.8. The summed E-state index contributed by atoms with van der Waals surface area (Å²) in [7, 11) is -2.30. The molecule has 0 aliphatic rings. The zero-order valence-electron chi connectivity index (χ0n) is 13.6. The fourth-order valence-electron chi connectivity index (χ4n) is 2.05. The minimum atomic E-state index is -3.57. The molecule has 0 bridgehead atoms. The maximum atomic E-state index is 12.5. The summed E-state index contributed by atoms with van der Waals surface area (Å²) in [6, 6.07) is 7.69. The fraction of sp³-hybridized carbons (Fsp3) is 0.250. The quantitative estimate of drug-likeness (QED) is 0.690. The van der Waals surface area contributed by atoms with Gasteiger partial charge in [0.05, 0.1) is 46.4 Å². The maximum Gasteiger partial charge on any atom is 0.339 e. The Morgan fingerprint density at radius 3 is 2.44 bits per heavy atom. The molecule has 2 rings (SSSR count). The summed E-state index contributed by atoms with van der Waals surface area (Å²) in [5, 5.41) is 0.587. The first-order valence-electron chi connectivity index (χ1n) is 7.27. The molecule has 134 valence electrons. The summed E-state index contributed by atoms with van der Waals surface area (Å²) >= 11 is 11.9. The molecule has 0 spiro atoms. The molecule has 2 aromatic rings. The van der Waals surface area contributed by atoms with E-state index in [4.69, 9.17) is 23.2 Å². The second-order valence-corrected chi connectivity index (χ2v) is 8.03. The molecule has 1 aromatic carbocycles. The van der Waals surface area contributed by atoms with Crippen LogP contribution in [0.4, 0.5) is 5.69 Å². The van der Waals surface area contributed by atoms with Crippen LogP contribution in [0.15, 0.2) is 36.5 Å². The van der Waals surface area contributed by atoms with Gasteiger partial charge in [0.2, 0.25) is 10.0 Å². The van der Waals surface area contributed by atoms with Gasteiger partial charge in [0.1, 0.15) is 0 Å². The van der Waals surface area contributed by atoms with Gasteiger partial charge in [0.15, 0.2) is 0 Å². The van der Waals surface area contributed by atoms with E-state index in [-0.39, 0.29) is 22.9 Å². The number of benzene rings is 1. The molecule has 0 unspecified atom stereocenters. The lowest BCUT2D eigenvalue weighted by Gasteiger charge is -2.24. The third kappa shape index (κ3) is 4.62. The Labute approximate surface area is 156 Å². The van der Waals surface area contributed by atoms with Crippen molar-refractivity contribution < 1.29 is 17.9 Å². The lowest BCUT2D eigenvalue weighted by atomic mass is 10.2. The van der Waals surface area contributed by atoms with Crippen molar-refractivity contribution in [3.05, 3.63) is 57.8 Å². The predicted molar refractivity (Wildman–Crippen MR) is 97.7 cm³/mol. The number of pyridine rings is 1. The zero-order valence-corrected chi connectivity index (χ0v) is 15.9. The van der Waals surface area contributed by atoms with Gasteiger partial charge in [0.25, 0.3) is 0 Å². The number of nitrogens with zero attached hydrogens (tertiary/aromatic N) is 2. The molecule has 6 nitrogen and oxygen atoms in total. The summed E-state index contributed by atoms with van der Waals surface area (Å²) in [5.74, 6) is -0.602. The number of hydrogen-bond donors (Lipinski definition) is 0. The molecule has 1 aromatic heterocycles. The summed E-state index contributed by atoms with van der Waals surface area (Å²) in [6.45, 7) is 1.54. The lowest BCUT2D eigenvalue weighted by molar-refractivity contribution is 0.0600. The average molecular weight is 403 g/mol. The first-order valence-corrected chi connectivity index (χ1v) is 9.63. The molecule has 0 amide bonds. The lowest BCUT2D eigenvalue weighted by Crippen LogP contribution is -2.32. The van der Waals surface area contributed by atoms with Crippen LogP contribution >= 0.6 is 23.2 Å². The number of hydrogen-bond acceptors (Lipinski definition) is 5. The molecule has 0 saturated heterocycles. The number of carbonyl (C=O) groups excluding carboxylic acids is 1. The normalized spacial score (nSPS) is 11.2. The molecule has 1 heterocycles. The Kier molecular flexibility index (Phi) is 6.26. The van der Waals surface area contributed by atoms with E-state index in [9.17, 15) is 13.2 Å². The smallest absolute Gasteiger partial charge is 0.339 e. The number of methoxy groups -OCH3 is 1. The van der Waals surface area contributed by atoms with Crippen LogP contribution in [0.2, 0.25) is 10.0 Å². The molecule has 0 radical (unpaired) electrons. The highest BCUT2D eigenvalue weighted by Crippen LogP contribution is 2.29. The third-order valence-corrected chi connectivity index (χ3v) is 5.92. The van der Waals surface area contributed by atoms with Gasteiger partial charge in [-0.05, 0) is 37.3 Å². The first-order chi connectivity index (χ1) is 11.8. The second kappa shape index (κ2) is 8.03. The van der Waals surface area contributed by atoms with Gasteiger partial charge < -0.3 is 4.74 Å². The van der Waals surface area contributed by atoms with Gasteiger partial charge in [-0.2, -0.15) is 0 Å². The number of anilines is 1. The van der Waals surface area contributed by atoms with E-state index in [2.05, 4.69) is 9.72 Å². The van der Waals surface area contributed by atoms with Crippen LogP contribution in [0.5, 0.6) is 0 Å². The fourth-order valence-corrected chi connectivity index (χ4v) is 3.42. The molecule has 0 atom stereocenters. The van der Waals surface area contributed by atoms with Crippen LogP contribution in [-0.4, -0.2) is 32.2 Å². The van der Waals surface area contributed by atoms with Gasteiger partial charge in [-0.3, -0.25) is 9.29 Å². The number of carbonyl (C=O) groups is 1. The van der Waals surface area contributed by atoms with Crippen LogP contribution in [0, 0.1) is 0 Å². The van der Waals surface area contributed by atoms with Crippen molar-refractivity contribution in [2.75, 3.05) is 17.2 Å². The average Bonchev–Trinajstić information content (AvgIpc) is 2.61. The topological polar surface area (TPSA) is 76.6 Å². The Morgan fingerprint density at radius 1 is 1.20 bits per heavy atom. The van der Waals surface area contributed by atoms with E-state index < -0.39 is 16.0 Å². The molecular formula is C16H16Cl2N2O4S. The summed E-state index contributed by atoms with van der Waals surface area (Å²) in [5.41, 5.74) is 1.14. The highest BCUT2D eigenvalue weighted by atomic mass is 35.5. The Bertz CT molecular complexity index is 870. The van der Waals surface area contributed by atoms with Gasteiger partial charge >= 0.3 is 5.97 Å². The Morgan fingerprint density at radius 2 is 1.92 bits per heavy atom. The largest absolute Gasteiger partial charge is 0.465 e. The van der Waals surface area contributed by atoms with E-state index in [1.165, 1.54) is 35.8 Å². The minimum Gasteiger partial charge on any atom is -0.465 e. The van der Waals surface area contributed by atoms with Crippen molar-refractivity contribution >= 4 is 44.9 Å². The Hall–Kier alpha value is -1.83. The van der Waals surface area contributed by atoms with Gasteiger partial charge in [-0.25, -0.2) is 13.2 Å². The van der Waals surface area contributed by atoms with E-state index in [1.54, 1.807) is 19.1 Å². The molecule has 0 saturated carbocycles. The van der Waals surface area contributed by atoms with Crippen LogP contribution < -0.4 is 4.31 Å². The van der Waals surface area contributed by atoms with Gasteiger partial charge in [-0.1, -0.05) is 23.2 Å². The van der Waals surface area contributed by atoms with Crippen molar-refractivity contribution in [1.82, 2.24) is 4.98 Å². The predicted octanol–water partition coefficient (Wildman–Crippen LogP) is 3.53. The number of esters is 1. The third-order valence-electron chi connectivity index (χ3n) is 3.44. The van der Waals surface area contributed by atoms with Crippen LogP contribution in [0.3, 0.4) is 0 Å². The number of ether oxygens (including phenoxy) is 1. The van der Waals surface area contributed by atoms with Crippen LogP contribution in [0.1, 0.15) is 23.0 Å². The van der Waals surface area contributed by atoms with Crippen LogP contribution in [-0.2, 0) is 21.3 Å². The van der Waals surface area contributed by atoms with Crippen molar-refractivity contribution in [2.24, 2.45) is 0 Å². The minimum absolute atomic E-state index is 0.00438. The van der Waals surface area contributed by atoms with E-state index in [0.29, 0.717) is 16.4 Å². The summed E-state index contributed by atoms with van der Waals surface area (Å²) in [6.07, 6.45) is 1.34. The molecular weight excluding hydrogens is 387 g/mol. The highest BCUT2D eigenvalue weighted by molar-refractivity contribution is 7.92. The van der Waals surface area contributed by atoms with E-state index in [0.717, 1.165) is 0 Å². The first kappa shape index (κ1) is 19.5. The van der Waals surface area contributed by atoms with E-state index in [1.807, 2.05) is 0 Å². The molecule has 0 aliphatic carbocycles. The SMILES string of the molecule is CCS(=O)(=O)N(Cc1ccc(C(=O)OC)cn1)c1ccc(Cl)c(Cl)c1. The molecule has 0 N–H and O–H groups in total. The highest BCUT2D eigenvalue weighted by Gasteiger charge is 2.22. The molecule has 0 aliphatic heterocycles. The number of rotatable bonds is 6. The maximum absolute atomic E-state index is 12.5. The van der Waals surface area contributed by atoms with Crippen molar-refractivity contribution in [2.45, 2.75) is 13.5 Å². The van der Waals surface area contributed by atoms with Crippen LogP contribution in [0.25, 0.3) is 0 Å². The van der Waals surface area contributed by atoms with Gasteiger partial charge in [0, 0.05) is 6.20 Å². The molecule has 9 heteroatoms. The van der Waals surface area contributed by atoms with Crippen molar-refractivity contribution in [3.8, 4) is 0 Å². The number of sulfonamides is 1. The monoisotopic (exact) mass is 402 g/mol. The zero-order chi connectivity index (χ0) is 18.6. The van der Waals surface area contributed by atoms with Gasteiger partial charge in [-0.15, -0.1) is 0 Å². The standard InChI is InChI=1S/C16H16Cl2N2O4S/c1-3-25(22,23)20(13-6-7-14(17)15(18)8-13)10-12-5-4-11(9-19-12)16(21)24-2/h4-9H,3,10H2,1-2H3. The van der Waals surface area contributed by atoms with E-state index >= 15 is 0 Å². The number of aromatic nitrogens is 1. The second-order valence-electron chi connectivity index (χ2n) is 5.04. The number of halogens is 2. The molecule has 0 fully saturated rings.